The molecule has 0 fully saturated rings. The molecule has 0 aliphatic heterocycles. The van der Waals surface area contributed by atoms with Gasteiger partial charge in [0.05, 0.1) is 0 Å². The summed E-state index contributed by atoms with van der Waals surface area (Å²) in [6.45, 7) is 16.8. The van der Waals surface area contributed by atoms with E-state index in [-0.39, 0.29) is 5.04 Å². The van der Waals surface area contributed by atoms with E-state index in [4.69, 9.17) is 17.4 Å². The summed E-state index contributed by atoms with van der Waals surface area (Å²) in [6, 6.07) is 6.13. The van der Waals surface area contributed by atoms with Crippen molar-refractivity contribution in [2.45, 2.75) is 63.8 Å². The van der Waals surface area contributed by atoms with Crippen LogP contribution in [-0.4, -0.2) is 33.4 Å². The van der Waals surface area contributed by atoms with E-state index in [1.165, 1.54) is 0 Å². The van der Waals surface area contributed by atoms with Crippen molar-refractivity contribution in [3.05, 3.63) is 42.7 Å². The molecule has 0 amide bonds. The second kappa shape index (κ2) is 11.6. The van der Waals surface area contributed by atoms with Crippen LogP contribution >= 0.6 is 0 Å². The molecule has 1 rings (SSSR count). The summed E-state index contributed by atoms with van der Waals surface area (Å²) in [5.74, 6) is 6.50. The van der Waals surface area contributed by atoms with E-state index >= 15 is 0 Å². The van der Waals surface area contributed by atoms with Crippen LogP contribution in [0, 0.1) is 11.8 Å². The first kappa shape index (κ1) is 28.3. The third-order valence-corrected chi connectivity index (χ3v) is 9.62. The highest BCUT2D eigenvalue weighted by atomic mass is 32.2. The molecule has 170 valence electrons. The maximum absolute atomic E-state index is 10.7. The van der Waals surface area contributed by atoms with Gasteiger partial charge < -0.3 is 8.98 Å². The molecule has 10 heteroatoms. The van der Waals surface area contributed by atoms with E-state index in [1.54, 1.807) is 0 Å². The van der Waals surface area contributed by atoms with Crippen molar-refractivity contribution in [1.29, 1.82) is 0 Å². The largest absolute Gasteiger partial charge is 0.741 e. The average Bonchev–Trinajstić information content (AvgIpc) is 2.58. The number of alkyl halides is 3. The first-order valence-electron chi connectivity index (χ1n) is 9.27. The minimum absolute atomic E-state index is 0.258. The predicted molar refractivity (Wildman–Crippen MR) is 112 cm³/mol. The molecule has 0 spiro atoms. The van der Waals surface area contributed by atoms with Crippen LogP contribution in [-0.2, 0) is 21.1 Å². The van der Waals surface area contributed by atoms with Crippen molar-refractivity contribution in [2.75, 3.05) is 6.61 Å². The zero-order valence-electron chi connectivity index (χ0n) is 18.0. The van der Waals surface area contributed by atoms with E-state index in [2.05, 4.69) is 69.1 Å². The second-order valence-corrected chi connectivity index (χ2v) is 14.1. The highest BCUT2D eigenvalue weighted by Gasteiger charge is 2.37. The van der Waals surface area contributed by atoms with Gasteiger partial charge in [0.2, 0.25) is 0 Å². The van der Waals surface area contributed by atoms with Gasteiger partial charge in [0, 0.05) is 37.5 Å². The summed E-state index contributed by atoms with van der Waals surface area (Å²) in [5, 5.41) is 0.258. The average molecular weight is 466 g/mol. The summed E-state index contributed by atoms with van der Waals surface area (Å²) >= 11 is 0. The smallest absolute Gasteiger partial charge is 0.485 e. The zero-order valence-corrected chi connectivity index (χ0v) is 19.9. The lowest BCUT2D eigenvalue weighted by molar-refractivity contribution is -0.698. The molecule has 0 radical (unpaired) electrons. The summed E-state index contributed by atoms with van der Waals surface area (Å²) in [6.07, 6.45) is 5.74. The first-order valence-corrected chi connectivity index (χ1v) is 13.6. The number of aromatic nitrogens is 1. The summed E-state index contributed by atoms with van der Waals surface area (Å²) in [5.41, 5.74) is -4.59. The van der Waals surface area contributed by atoms with E-state index in [0.29, 0.717) is 0 Å². The predicted octanol–water partition coefficient (Wildman–Crippen LogP) is 4.37. The van der Waals surface area contributed by atoms with Gasteiger partial charge in [-0.15, -0.1) is 6.58 Å². The Kier molecular flexibility index (Phi) is 11.0. The topological polar surface area (TPSA) is 70.3 Å². The van der Waals surface area contributed by atoms with Gasteiger partial charge in [0.1, 0.15) is 0 Å². The molecule has 0 atom stereocenters. The fraction of sp³-hybridized carbons (Fsp3) is 0.550. The highest BCUT2D eigenvalue weighted by Crippen LogP contribution is 2.36. The molecule has 0 N–H and O–H groups in total. The Morgan fingerprint density at radius 1 is 1.27 bits per heavy atom. The summed E-state index contributed by atoms with van der Waals surface area (Å²) in [7, 11) is -7.74. The van der Waals surface area contributed by atoms with E-state index in [0.717, 1.165) is 31.7 Å². The van der Waals surface area contributed by atoms with Crippen LogP contribution < -0.4 is 4.57 Å². The van der Waals surface area contributed by atoms with Crippen LogP contribution in [0.3, 0.4) is 0 Å². The van der Waals surface area contributed by atoms with Crippen molar-refractivity contribution in [2.24, 2.45) is 0 Å². The zero-order chi connectivity index (χ0) is 23.6. The van der Waals surface area contributed by atoms with Crippen molar-refractivity contribution >= 4 is 18.4 Å². The second-order valence-electron chi connectivity index (χ2n) is 7.92. The fourth-order valence-corrected chi connectivity index (χ4v) is 2.79. The van der Waals surface area contributed by atoms with Crippen molar-refractivity contribution < 1.29 is 35.1 Å². The van der Waals surface area contributed by atoms with Crippen LogP contribution in [0.4, 0.5) is 13.2 Å². The van der Waals surface area contributed by atoms with Crippen LogP contribution in [0.15, 0.2) is 37.1 Å². The highest BCUT2D eigenvalue weighted by molar-refractivity contribution is 7.86. The first-order chi connectivity index (χ1) is 13.5. The van der Waals surface area contributed by atoms with Crippen LogP contribution in [0.25, 0.3) is 0 Å². The Bertz CT molecular complexity index is 851. The molecule has 5 nitrogen and oxygen atoms in total. The molecule has 0 saturated heterocycles. The summed E-state index contributed by atoms with van der Waals surface area (Å²) < 4.78 is 67.2. The van der Waals surface area contributed by atoms with Gasteiger partial charge in [-0.3, -0.25) is 0 Å². The van der Waals surface area contributed by atoms with E-state index in [1.807, 2.05) is 18.2 Å². The van der Waals surface area contributed by atoms with Gasteiger partial charge in [0.15, 0.2) is 31.2 Å². The molecule has 0 aliphatic rings. The van der Waals surface area contributed by atoms with Crippen LogP contribution in [0.2, 0.25) is 18.1 Å². The Hall–Kier alpha value is -1.67. The van der Waals surface area contributed by atoms with Crippen molar-refractivity contribution in [3.8, 4) is 11.8 Å². The van der Waals surface area contributed by atoms with Crippen molar-refractivity contribution in [3.63, 3.8) is 0 Å². The lowest BCUT2D eigenvalue weighted by Crippen LogP contribution is -2.40. The van der Waals surface area contributed by atoms with Gasteiger partial charge >= 0.3 is 5.51 Å². The molecular weight excluding hydrogens is 435 g/mol. The van der Waals surface area contributed by atoms with Gasteiger partial charge in [-0.05, 0) is 24.2 Å². The minimum Gasteiger partial charge on any atom is -0.741 e. The molecule has 1 aromatic heterocycles. The van der Waals surface area contributed by atoms with Crippen molar-refractivity contribution in [1.82, 2.24) is 0 Å². The number of aryl methyl sites for hydroxylation is 1. The third kappa shape index (κ3) is 10.4. The monoisotopic (exact) mass is 465 g/mol. The van der Waals surface area contributed by atoms with Gasteiger partial charge in [-0.25, -0.2) is 8.42 Å². The van der Waals surface area contributed by atoms with Crippen LogP contribution in [0.5, 0.6) is 0 Å². The Morgan fingerprint density at radius 2 is 1.83 bits per heavy atom. The molecule has 0 aromatic carbocycles. The summed E-state index contributed by atoms with van der Waals surface area (Å²) in [4.78, 5) is 0. The molecule has 0 bridgehead atoms. The van der Waals surface area contributed by atoms with E-state index < -0.39 is 23.9 Å². The maximum Gasteiger partial charge on any atom is 0.485 e. The van der Waals surface area contributed by atoms with Gasteiger partial charge in [-0.2, -0.15) is 17.7 Å². The Labute approximate surface area is 178 Å². The molecule has 30 heavy (non-hydrogen) atoms. The number of hydrogen-bond acceptors (Lipinski definition) is 4. The number of halogens is 3. The molecule has 0 aliphatic carbocycles. The number of pyridine rings is 1. The number of allylic oxidation sites excluding steroid dienone is 1. The molecule has 0 unspecified atom stereocenters. The third-order valence-electron chi connectivity index (χ3n) is 4.51. The quantitative estimate of drug-likeness (QED) is 0.119. The lowest BCUT2D eigenvalue weighted by Gasteiger charge is -2.35. The van der Waals surface area contributed by atoms with Gasteiger partial charge in [-0.1, -0.05) is 32.8 Å². The number of nitrogens with zero attached hydrogens (tertiary/aromatic N) is 1. The standard InChI is InChI=1S/C19H30NOSi.CHF3O3S/c1-7-8-15-20-16-11-9-13-18(20)14-10-12-17-21-22(5,6)19(2,3)4;2-1(3,4)8(5,6)7/h7,9,11,13,16H,1,8,12,15,17H2,2-6H3;(H,5,6,7)/q+1;/p-1. The Morgan fingerprint density at radius 3 is 2.30 bits per heavy atom. The number of hydrogen-bond donors (Lipinski definition) is 0. The van der Waals surface area contributed by atoms with Crippen LogP contribution in [0.1, 0.15) is 39.3 Å². The molecular formula is C20H30F3NO4SSi. The maximum atomic E-state index is 10.7. The van der Waals surface area contributed by atoms with Gasteiger partial charge in [0.25, 0.3) is 5.69 Å². The minimum atomic E-state index is -6.09. The molecule has 0 saturated carbocycles. The normalized spacial score (nSPS) is 12.3. The molecule has 1 heterocycles. The fourth-order valence-electron chi connectivity index (χ4n) is 1.74. The van der Waals surface area contributed by atoms with E-state index in [9.17, 15) is 13.2 Å². The molecule has 1 aromatic rings. The Balaban J connectivity index is 0.000000890. The number of rotatable bonds is 6. The SMILES string of the molecule is C=CCC[n+]1ccccc1C#CCCO[Si](C)(C)C(C)(C)C.O=S(=O)([O-])C(F)(F)F. The lowest BCUT2D eigenvalue weighted by atomic mass is 10.2.